The fraction of sp³-hybridized carbons (Fsp3) is 0.500. The van der Waals surface area contributed by atoms with E-state index in [9.17, 15) is 0 Å². The third kappa shape index (κ3) is 3.44. The van der Waals surface area contributed by atoms with E-state index in [0.717, 1.165) is 22.7 Å². The Morgan fingerprint density at radius 1 is 1.71 bits per heavy atom. The minimum absolute atomic E-state index is 0.775. The van der Waals surface area contributed by atoms with E-state index in [4.69, 9.17) is 0 Å². The Kier molecular flexibility index (Phi) is 3.61. The van der Waals surface area contributed by atoms with E-state index < -0.39 is 0 Å². The summed E-state index contributed by atoms with van der Waals surface area (Å²) in [7, 11) is 0. The van der Waals surface area contributed by atoms with Crippen molar-refractivity contribution in [1.29, 1.82) is 0 Å². The Balaban J connectivity index is 1.62. The van der Waals surface area contributed by atoms with Crippen LogP contribution < -0.4 is 5.32 Å². The number of hydrogen-bond acceptors (Lipinski definition) is 4. The Bertz CT molecular complexity index is 291. The molecule has 1 aromatic heterocycles. The van der Waals surface area contributed by atoms with Gasteiger partial charge in [0.15, 0.2) is 0 Å². The molecule has 0 unspecified atom stereocenters. The molecule has 0 bridgehead atoms. The first kappa shape index (κ1) is 10.2. The molecule has 0 aliphatic heterocycles. The van der Waals surface area contributed by atoms with Crippen molar-refractivity contribution in [2.24, 2.45) is 0 Å². The maximum atomic E-state index is 4.22. The molecular weight excluding hydrogens is 212 g/mol. The number of aromatic nitrogens is 1. The summed E-state index contributed by atoms with van der Waals surface area (Å²) in [5, 5.41) is 5.46. The van der Waals surface area contributed by atoms with Crippen LogP contribution in [0.3, 0.4) is 0 Å². The first-order chi connectivity index (χ1) is 6.84. The summed E-state index contributed by atoms with van der Waals surface area (Å²) < 4.78 is 1.14. The summed E-state index contributed by atoms with van der Waals surface area (Å²) in [5.74, 6) is 0.979. The summed E-state index contributed by atoms with van der Waals surface area (Å²) in [6.45, 7) is 5.01. The van der Waals surface area contributed by atoms with Crippen LogP contribution in [0.1, 0.15) is 12.8 Å². The molecule has 0 radical (unpaired) electrons. The van der Waals surface area contributed by atoms with Gasteiger partial charge in [-0.05, 0) is 12.8 Å². The number of thioether (sulfide) groups is 1. The SMILES string of the molecule is C=C(CNC1CC1)CSc1nccs1. The average Bonchev–Trinajstić information content (AvgIpc) is 2.87. The highest BCUT2D eigenvalue weighted by molar-refractivity contribution is 8.01. The van der Waals surface area contributed by atoms with Crippen molar-refractivity contribution in [2.75, 3.05) is 12.3 Å². The van der Waals surface area contributed by atoms with Gasteiger partial charge in [-0.15, -0.1) is 11.3 Å². The van der Waals surface area contributed by atoms with Crippen molar-refractivity contribution in [3.63, 3.8) is 0 Å². The van der Waals surface area contributed by atoms with Crippen LogP contribution in [0.5, 0.6) is 0 Å². The van der Waals surface area contributed by atoms with Gasteiger partial charge in [0.05, 0.1) is 0 Å². The van der Waals surface area contributed by atoms with Crippen LogP contribution in [-0.2, 0) is 0 Å². The summed E-state index contributed by atoms with van der Waals surface area (Å²) in [6.07, 6.45) is 4.53. The summed E-state index contributed by atoms with van der Waals surface area (Å²) in [5.41, 5.74) is 1.26. The molecule has 1 saturated carbocycles. The second-order valence-corrected chi connectivity index (χ2v) is 5.61. The normalized spacial score (nSPS) is 15.7. The van der Waals surface area contributed by atoms with E-state index in [2.05, 4.69) is 16.9 Å². The van der Waals surface area contributed by atoms with E-state index in [1.165, 1.54) is 18.4 Å². The highest BCUT2D eigenvalue weighted by atomic mass is 32.2. The molecule has 0 aromatic carbocycles. The highest BCUT2D eigenvalue weighted by Gasteiger charge is 2.19. The molecule has 1 fully saturated rings. The summed E-state index contributed by atoms with van der Waals surface area (Å²) in [4.78, 5) is 4.22. The lowest BCUT2D eigenvalue weighted by Gasteiger charge is -2.04. The fourth-order valence-electron chi connectivity index (χ4n) is 1.07. The molecule has 0 saturated heterocycles. The lowest BCUT2D eigenvalue weighted by molar-refractivity contribution is 0.736. The molecule has 1 aliphatic rings. The van der Waals surface area contributed by atoms with Gasteiger partial charge in [-0.25, -0.2) is 4.98 Å². The second kappa shape index (κ2) is 4.96. The van der Waals surface area contributed by atoms with E-state index in [-0.39, 0.29) is 0 Å². The van der Waals surface area contributed by atoms with Gasteiger partial charge in [-0.2, -0.15) is 0 Å². The quantitative estimate of drug-likeness (QED) is 0.596. The molecule has 1 N–H and O–H groups in total. The standard InChI is InChI=1S/C10H14N2S2/c1-8(6-12-9-2-3-9)7-14-10-11-4-5-13-10/h4-5,9,12H,1-3,6-7H2. The van der Waals surface area contributed by atoms with Crippen LogP contribution in [0, 0.1) is 0 Å². The van der Waals surface area contributed by atoms with Crippen molar-refractivity contribution in [2.45, 2.75) is 23.2 Å². The van der Waals surface area contributed by atoms with Gasteiger partial charge in [-0.1, -0.05) is 23.9 Å². The van der Waals surface area contributed by atoms with Crippen molar-refractivity contribution in [3.8, 4) is 0 Å². The van der Waals surface area contributed by atoms with Crippen molar-refractivity contribution < 1.29 is 0 Å². The maximum absolute atomic E-state index is 4.22. The number of hydrogen-bond donors (Lipinski definition) is 1. The van der Waals surface area contributed by atoms with Crippen LogP contribution >= 0.6 is 23.1 Å². The molecule has 0 atom stereocenters. The average molecular weight is 226 g/mol. The summed E-state index contributed by atoms with van der Waals surface area (Å²) in [6, 6.07) is 0.775. The molecule has 1 aliphatic carbocycles. The number of thiazole rings is 1. The predicted molar refractivity (Wildman–Crippen MR) is 63.0 cm³/mol. The Morgan fingerprint density at radius 2 is 2.57 bits per heavy atom. The Morgan fingerprint density at radius 3 is 3.21 bits per heavy atom. The minimum atomic E-state index is 0.775. The molecule has 14 heavy (non-hydrogen) atoms. The van der Waals surface area contributed by atoms with Crippen LogP contribution in [-0.4, -0.2) is 23.3 Å². The van der Waals surface area contributed by atoms with Crippen molar-refractivity contribution in [3.05, 3.63) is 23.7 Å². The smallest absolute Gasteiger partial charge is 0.150 e. The predicted octanol–water partition coefficient (Wildman–Crippen LogP) is 2.54. The van der Waals surface area contributed by atoms with Crippen molar-refractivity contribution in [1.82, 2.24) is 10.3 Å². The molecule has 2 rings (SSSR count). The van der Waals surface area contributed by atoms with Gasteiger partial charge in [0.25, 0.3) is 0 Å². The molecule has 1 heterocycles. The Hall–Kier alpha value is -0.320. The van der Waals surface area contributed by atoms with E-state index in [1.807, 2.05) is 11.6 Å². The van der Waals surface area contributed by atoms with E-state index in [0.29, 0.717) is 0 Å². The van der Waals surface area contributed by atoms with E-state index >= 15 is 0 Å². The van der Waals surface area contributed by atoms with Gasteiger partial charge in [-0.3, -0.25) is 0 Å². The molecule has 2 nitrogen and oxygen atoms in total. The minimum Gasteiger partial charge on any atom is -0.310 e. The molecular formula is C10H14N2S2. The van der Waals surface area contributed by atoms with Crippen LogP contribution in [0.25, 0.3) is 0 Å². The first-order valence-electron chi connectivity index (χ1n) is 4.77. The largest absolute Gasteiger partial charge is 0.310 e. The van der Waals surface area contributed by atoms with Crippen LogP contribution in [0.15, 0.2) is 28.1 Å². The molecule has 76 valence electrons. The second-order valence-electron chi connectivity index (χ2n) is 3.49. The lowest BCUT2D eigenvalue weighted by atomic mass is 10.3. The van der Waals surface area contributed by atoms with Crippen molar-refractivity contribution >= 4 is 23.1 Å². The van der Waals surface area contributed by atoms with Gasteiger partial charge >= 0.3 is 0 Å². The number of nitrogens with one attached hydrogen (secondary N) is 1. The zero-order valence-corrected chi connectivity index (χ0v) is 9.66. The zero-order chi connectivity index (χ0) is 9.80. The summed E-state index contributed by atoms with van der Waals surface area (Å²) >= 11 is 3.47. The number of rotatable bonds is 6. The zero-order valence-electron chi connectivity index (χ0n) is 8.03. The molecule has 0 spiro atoms. The number of nitrogens with zero attached hydrogens (tertiary/aromatic N) is 1. The molecule has 4 heteroatoms. The maximum Gasteiger partial charge on any atom is 0.150 e. The van der Waals surface area contributed by atoms with Crippen LogP contribution in [0.4, 0.5) is 0 Å². The third-order valence-corrected chi connectivity index (χ3v) is 4.14. The monoisotopic (exact) mass is 226 g/mol. The van der Waals surface area contributed by atoms with Gasteiger partial charge < -0.3 is 5.32 Å². The van der Waals surface area contributed by atoms with Gasteiger partial charge in [0.2, 0.25) is 0 Å². The van der Waals surface area contributed by atoms with Gasteiger partial charge in [0.1, 0.15) is 4.34 Å². The van der Waals surface area contributed by atoms with Crippen LogP contribution in [0.2, 0.25) is 0 Å². The van der Waals surface area contributed by atoms with Gasteiger partial charge in [0, 0.05) is 29.9 Å². The topological polar surface area (TPSA) is 24.9 Å². The molecule has 1 aromatic rings. The first-order valence-corrected chi connectivity index (χ1v) is 6.63. The third-order valence-electron chi connectivity index (χ3n) is 2.03. The lowest BCUT2D eigenvalue weighted by Crippen LogP contribution is -2.19. The molecule has 0 amide bonds. The Labute approximate surface area is 92.8 Å². The van der Waals surface area contributed by atoms with E-state index in [1.54, 1.807) is 23.1 Å². The fourth-order valence-corrected chi connectivity index (χ4v) is 2.61. The highest BCUT2D eigenvalue weighted by Crippen LogP contribution is 2.22.